The number of esters is 2. The number of anilines is 1. The van der Waals surface area contributed by atoms with Crippen molar-refractivity contribution >= 4 is 40.3 Å². The molecule has 12 nitrogen and oxygen atoms in total. The lowest BCUT2D eigenvalue weighted by Gasteiger charge is -2.27. The van der Waals surface area contributed by atoms with Crippen LogP contribution in [-0.2, 0) is 25.7 Å². The van der Waals surface area contributed by atoms with Crippen LogP contribution in [-0.4, -0.2) is 64.9 Å². The third-order valence-electron chi connectivity index (χ3n) is 7.56. The summed E-state index contributed by atoms with van der Waals surface area (Å²) in [7, 11) is 1.62. The number of fused-ring (bicyclic) bond motifs is 2. The Morgan fingerprint density at radius 3 is 2.49 bits per heavy atom. The fourth-order valence-electron chi connectivity index (χ4n) is 5.01. The van der Waals surface area contributed by atoms with Crippen molar-refractivity contribution in [2.24, 2.45) is 0 Å². The van der Waals surface area contributed by atoms with Crippen molar-refractivity contribution in [1.82, 2.24) is 20.4 Å². The molecule has 0 fully saturated rings. The molecular weight excluding hydrogens is 621 g/mol. The van der Waals surface area contributed by atoms with E-state index in [1.165, 1.54) is 15.6 Å². The lowest BCUT2D eigenvalue weighted by Crippen LogP contribution is -2.56. The van der Waals surface area contributed by atoms with Crippen molar-refractivity contribution in [2.45, 2.75) is 44.8 Å². The molecule has 15 heteroatoms. The van der Waals surface area contributed by atoms with Crippen LogP contribution in [0, 0.1) is 11.3 Å². The van der Waals surface area contributed by atoms with E-state index in [0.717, 1.165) is 12.1 Å². The molecule has 0 unspecified atom stereocenters. The third kappa shape index (κ3) is 6.49. The minimum absolute atomic E-state index is 0.0841. The Balaban J connectivity index is 1.55. The Bertz CT molecular complexity index is 1930. The van der Waals surface area contributed by atoms with Crippen LogP contribution in [0.15, 0.2) is 66.7 Å². The van der Waals surface area contributed by atoms with E-state index < -0.39 is 53.7 Å². The molecule has 1 aromatic heterocycles. The summed E-state index contributed by atoms with van der Waals surface area (Å²) in [6.07, 6.45) is -6.11. The molecule has 0 saturated carbocycles. The second-order valence-electron chi connectivity index (χ2n) is 10.6. The van der Waals surface area contributed by atoms with E-state index in [1.54, 1.807) is 69.4 Å². The van der Waals surface area contributed by atoms with Crippen molar-refractivity contribution in [3.63, 3.8) is 0 Å². The topological polar surface area (TPSA) is 156 Å². The number of alkyl halides is 3. The van der Waals surface area contributed by atoms with Gasteiger partial charge in [-0.05, 0) is 57.3 Å². The first-order valence-electron chi connectivity index (χ1n) is 14.2. The largest absolute Gasteiger partial charge is 0.491 e. The Morgan fingerprint density at radius 1 is 1.09 bits per heavy atom. The number of benzene rings is 3. The molecule has 5 rings (SSSR count). The summed E-state index contributed by atoms with van der Waals surface area (Å²) in [6, 6.07) is 17.5. The van der Waals surface area contributed by atoms with Crippen LogP contribution in [0.25, 0.3) is 16.6 Å². The highest BCUT2D eigenvalue weighted by Crippen LogP contribution is 2.35. The van der Waals surface area contributed by atoms with Crippen molar-refractivity contribution in [3.05, 3.63) is 83.6 Å². The maximum absolute atomic E-state index is 14.1. The van der Waals surface area contributed by atoms with E-state index in [1.807, 2.05) is 6.07 Å². The maximum atomic E-state index is 14.1. The van der Waals surface area contributed by atoms with Crippen molar-refractivity contribution in [1.29, 1.82) is 5.26 Å². The van der Waals surface area contributed by atoms with Gasteiger partial charge in [-0.25, -0.2) is 14.3 Å². The molecule has 242 valence electrons. The molecule has 3 aromatic carbocycles. The number of nitrogens with one attached hydrogen (secondary N) is 2. The van der Waals surface area contributed by atoms with Gasteiger partial charge in [0.25, 0.3) is 5.91 Å². The minimum atomic E-state index is -5.38. The van der Waals surface area contributed by atoms with Gasteiger partial charge in [-0.1, -0.05) is 30.3 Å². The number of nitriles is 1. The van der Waals surface area contributed by atoms with Crippen LogP contribution < -0.4 is 20.3 Å². The lowest BCUT2D eigenvalue weighted by atomic mass is 10.1. The summed E-state index contributed by atoms with van der Waals surface area (Å²) in [5.41, 5.74) is 0.902. The number of carbonyl (C=O) groups is 4. The molecule has 2 N–H and O–H groups in total. The van der Waals surface area contributed by atoms with Crippen LogP contribution in [0.4, 0.5) is 18.9 Å². The number of hydrogen-bond donors (Lipinski definition) is 2. The SMILES string of the molecule is CN[C@@H](C)C(=O)N[C@@H]1C(=O)N(Cc2nn(-c3ccc(C(=O)OC(=O)C(F)(F)F)cc3C#N)c3ccccc23)c2ccccc2O[C@H]1C. The predicted molar refractivity (Wildman–Crippen MR) is 160 cm³/mol. The van der Waals surface area contributed by atoms with Gasteiger partial charge in [0.2, 0.25) is 5.91 Å². The maximum Gasteiger partial charge on any atom is 0.491 e. The Hall–Kier alpha value is -5.75. The number of carbonyl (C=O) groups excluding carboxylic acids is 4. The van der Waals surface area contributed by atoms with Gasteiger partial charge < -0.3 is 25.0 Å². The van der Waals surface area contributed by atoms with E-state index >= 15 is 0 Å². The molecule has 1 aliphatic rings. The first-order valence-corrected chi connectivity index (χ1v) is 14.2. The van der Waals surface area contributed by atoms with Gasteiger partial charge >= 0.3 is 18.1 Å². The number of halogens is 3. The fraction of sp³-hybridized carbons (Fsp3) is 0.250. The average Bonchev–Trinajstić information content (AvgIpc) is 3.38. The highest BCUT2D eigenvalue weighted by Gasteiger charge is 2.43. The van der Waals surface area contributed by atoms with Crippen LogP contribution in [0.5, 0.6) is 5.75 Å². The van der Waals surface area contributed by atoms with E-state index in [2.05, 4.69) is 15.4 Å². The number of likely N-dealkylation sites (N-methyl/N-ethyl adjacent to an activating group) is 1. The van der Waals surface area contributed by atoms with Gasteiger partial charge in [0, 0.05) is 5.39 Å². The van der Waals surface area contributed by atoms with Gasteiger partial charge in [-0.2, -0.15) is 23.5 Å². The minimum Gasteiger partial charge on any atom is -0.486 e. The molecule has 2 heterocycles. The molecule has 0 radical (unpaired) electrons. The number of hydrogen-bond acceptors (Lipinski definition) is 9. The number of aromatic nitrogens is 2. The van der Waals surface area contributed by atoms with Gasteiger partial charge in [0.05, 0.1) is 46.3 Å². The standard InChI is InChI=1S/C32H27F3N6O6/c1-17(37-3)28(42)38-27-18(2)46-26-11-7-6-10-25(26)40(29(27)43)16-22-21-8-4-5-9-24(21)41(39-22)23-13-12-19(14-20(23)15-36)30(44)47-31(45)32(33,34)35/h4-14,17-18,27,37H,16H2,1-3H3,(H,38,42)/t17-,18-,27-/m0/s1. The molecule has 3 atom stereocenters. The van der Waals surface area contributed by atoms with Crippen LogP contribution in [0.1, 0.15) is 35.5 Å². The zero-order valence-corrected chi connectivity index (χ0v) is 25.2. The van der Waals surface area contributed by atoms with Crippen molar-refractivity contribution < 1.29 is 41.8 Å². The second kappa shape index (κ2) is 12.9. The second-order valence-corrected chi connectivity index (χ2v) is 10.6. The number of para-hydroxylation sites is 3. The smallest absolute Gasteiger partial charge is 0.486 e. The highest BCUT2D eigenvalue weighted by molar-refractivity contribution is 6.02. The summed E-state index contributed by atoms with van der Waals surface area (Å²) in [5.74, 6) is -4.71. The normalized spacial score (nSPS) is 16.8. The summed E-state index contributed by atoms with van der Waals surface area (Å²) in [4.78, 5) is 51.8. The number of ether oxygens (including phenoxy) is 2. The molecule has 4 aromatic rings. The fourth-order valence-corrected chi connectivity index (χ4v) is 5.01. The van der Waals surface area contributed by atoms with E-state index in [-0.39, 0.29) is 17.8 Å². The summed E-state index contributed by atoms with van der Waals surface area (Å²) in [5, 5.41) is 20.8. The zero-order chi connectivity index (χ0) is 34.0. The summed E-state index contributed by atoms with van der Waals surface area (Å²) in [6.45, 7) is 3.25. The highest BCUT2D eigenvalue weighted by atomic mass is 19.4. The van der Waals surface area contributed by atoms with Crippen LogP contribution in [0.3, 0.4) is 0 Å². The van der Waals surface area contributed by atoms with E-state index in [9.17, 15) is 37.6 Å². The molecule has 2 amide bonds. The number of amides is 2. The summed E-state index contributed by atoms with van der Waals surface area (Å²) >= 11 is 0. The zero-order valence-electron chi connectivity index (χ0n) is 25.2. The van der Waals surface area contributed by atoms with Gasteiger partial charge in [-0.3, -0.25) is 9.59 Å². The van der Waals surface area contributed by atoms with Gasteiger partial charge in [-0.15, -0.1) is 0 Å². The molecular formula is C32H27F3N6O6. The molecule has 0 spiro atoms. The Kier molecular flexibility index (Phi) is 8.98. The molecule has 47 heavy (non-hydrogen) atoms. The average molecular weight is 649 g/mol. The molecule has 1 aliphatic heterocycles. The first kappa shape index (κ1) is 32.6. The monoisotopic (exact) mass is 648 g/mol. The molecule has 0 aliphatic carbocycles. The molecule has 0 saturated heterocycles. The number of nitrogens with zero attached hydrogens (tertiary/aromatic N) is 4. The summed E-state index contributed by atoms with van der Waals surface area (Å²) < 4.78 is 49.2. The van der Waals surface area contributed by atoms with E-state index in [0.29, 0.717) is 28.0 Å². The van der Waals surface area contributed by atoms with Gasteiger partial charge in [0.15, 0.2) is 0 Å². The molecule has 0 bridgehead atoms. The van der Waals surface area contributed by atoms with Crippen molar-refractivity contribution in [2.75, 3.05) is 11.9 Å². The number of rotatable bonds is 7. The third-order valence-corrected chi connectivity index (χ3v) is 7.56. The van der Waals surface area contributed by atoms with Crippen LogP contribution in [0.2, 0.25) is 0 Å². The Labute approximate surface area is 265 Å². The van der Waals surface area contributed by atoms with Crippen LogP contribution >= 0.6 is 0 Å². The van der Waals surface area contributed by atoms with E-state index in [4.69, 9.17) is 9.84 Å². The quantitative estimate of drug-likeness (QED) is 0.226. The lowest BCUT2D eigenvalue weighted by molar-refractivity contribution is -0.193. The predicted octanol–water partition coefficient (Wildman–Crippen LogP) is 3.55. The van der Waals surface area contributed by atoms with Gasteiger partial charge in [0.1, 0.15) is 24.0 Å². The Morgan fingerprint density at radius 2 is 1.79 bits per heavy atom. The first-order chi connectivity index (χ1) is 22.3. The van der Waals surface area contributed by atoms with Crippen molar-refractivity contribution in [3.8, 4) is 17.5 Å².